The Hall–Kier alpha value is -0.380. The van der Waals surface area contributed by atoms with E-state index in [1.807, 2.05) is 13.1 Å². The average molecular weight is 155 g/mol. The van der Waals surface area contributed by atoms with Gasteiger partial charge in [-0.15, -0.1) is 0 Å². The zero-order valence-electron chi connectivity index (χ0n) is 6.53. The minimum absolute atomic E-state index is 0.141. The van der Waals surface area contributed by atoms with E-state index < -0.39 is 0 Å². The number of aliphatic hydroxyl groups excluding tert-OH is 1. The minimum Gasteiger partial charge on any atom is -0.396 e. The largest absolute Gasteiger partial charge is 0.396 e. The molecule has 0 amide bonds. The van der Waals surface area contributed by atoms with Crippen LogP contribution in [0.2, 0.25) is 0 Å². The first-order chi connectivity index (χ1) is 5.36. The summed E-state index contributed by atoms with van der Waals surface area (Å²) in [4.78, 5) is 0. The molecule has 2 aliphatic rings. The van der Waals surface area contributed by atoms with E-state index in [1.165, 1.54) is 0 Å². The van der Waals surface area contributed by atoms with Crippen molar-refractivity contribution in [2.24, 2.45) is 5.92 Å². The van der Waals surface area contributed by atoms with Crippen LogP contribution < -0.4 is 5.32 Å². The summed E-state index contributed by atoms with van der Waals surface area (Å²) in [6, 6.07) is 0.301. The van der Waals surface area contributed by atoms with Gasteiger partial charge in [-0.25, -0.2) is 0 Å². The summed E-state index contributed by atoms with van der Waals surface area (Å²) in [5.74, 6) is 0.245. The maximum Gasteiger partial charge on any atom is 0.0922 e. The third kappa shape index (κ3) is 0.922. The smallest absolute Gasteiger partial charge is 0.0922 e. The molecular weight excluding hydrogens is 142 g/mol. The van der Waals surface area contributed by atoms with Crippen LogP contribution in [0.15, 0.2) is 12.2 Å². The van der Waals surface area contributed by atoms with Crippen molar-refractivity contribution >= 4 is 0 Å². The van der Waals surface area contributed by atoms with Gasteiger partial charge in [0.05, 0.1) is 18.8 Å². The van der Waals surface area contributed by atoms with E-state index in [2.05, 4.69) is 11.4 Å². The van der Waals surface area contributed by atoms with Gasteiger partial charge >= 0.3 is 0 Å². The lowest BCUT2D eigenvalue weighted by molar-refractivity contribution is 0.0944. The number of rotatable bonds is 2. The molecule has 0 aromatic rings. The van der Waals surface area contributed by atoms with Gasteiger partial charge in [0.2, 0.25) is 0 Å². The summed E-state index contributed by atoms with van der Waals surface area (Å²) >= 11 is 0. The number of hydrogen-bond donors (Lipinski definition) is 2. The molecule has 2 aliphatic heterocycles. The molecule has 1 saturated heterocycles. The highest BCUT2D eigenvalue weighted by molar-refractivity contribution is 5.16. The molecular formula is C8H13NO2. The van der Waals surface area contributed by atoms with Crippen LogP contribution in [-0.4, -0.2) is 37.0 Å². The van der Waals surface area contributed by atoms with Crippen molar-refractivity contribution in [2.45, 2.75) is 18.2 Å². The molecule has 11 heavy (non-hydrogen) atoms. The quantitative estimate of drug-likeness (QED) is 0.529. The Balaban J connectivity index is 2.15. The number of likely N-dealkylation sites (N-methyl/N-ethyl adjacent to an activating group) is 1. The maximum absolute atomic E-state index is 9.04. The Labute approximate surface area is 66.1 Å². The third-order valence-electron chi connectivity index (χ3n) is 2.59. The van der Waals surface area contributed by atoms with Crippen LogP contribution in [0.3, 0.4) is 0 Å². The van der Waals surface area contributed by atoms with Gasteiger partial charge in [-0.1, -0.05) is 12.2 Å². The van der Waals surface area contributed by atoms with Crippen molar-refractivity contribution in [3.63, 3.8) is 0 Å². The molecule has 3 heteroatoms. The van der Waals surface area contributed by atoms with Crippen LogP contribution in [0.1, 0.15) is 0 Å². The summed E-state index contributed by atoms with van der Waals surface area (Å²) < 4.78 is 5.55. The summed E-state index contributed by atoms with van der Waals surface area (Å²) in [7, 11) is 1.91. The molecule has 0 spiro atoms. The lowest BCUT2D eigenvalue weighted by Gasteiger charge is -2.22. The van der Waals surface area contributed by atoms with Gasteiger partial charge < -0.3 is 15.2 Å². The second-order valence-electron chi connectivity index (χ2n) is 3.11. The molecule has 2 heterocycles. The van der Waals surface area contributed by atoms with Crippen LogP contribution in [-0.2, 0) is 4.74 Å². The summed E-state index contributed by atoms with van der Waals surface area (Å²) in [5.41, 5.74) is 0. The van der Waals surface area contributed by atoms with Gasteiger partial charge in [0.25, 0.3) is 0 Å². The Morgan fingerprint density at radius 2 is 2.18 bits per heavy atom. The molecule has 3 nitrogen and oxygen atoms in total. The third-order valence-corrected chi connectivity index (χ3v) is 2.59. The molecule has 0 unspecified atom stereocenters. The van der Waals surface area contributed by atoms with Crippen LogP contribution in [0, 0.1) is 5.92 Å². The van der Waals surface area contributed by atoms with Crippen molar-refractivity contribution in [3.8, 4) is 0 Å². The number of aliphatic hydroxyl groups is 1. The van der Waals surface area contributed by atoms with Gasteiger partial charge in [0, 0.05) is 12.0 Å². The fourth-order valence-electron chi connectivity index (χ4n) is 1.98. The normalized spacial score (nSPS) is 47.1. The molecule has 2 N–H and O–H groups in total. The van der Waals surface area contributed by atoms with E-state index in [9.17, 15) is 0 Å². The Morgan fingerprint density at radius 3 is 2.73 bits per heavy atom. The lowest BCUT2D eigenvalue weighted by atomic mass is 9.90. The fourth-order valence-corrected chi connectivity index (χ4v) is 1.98. The minimum atomic E-state index is 0.141. The molecule has 0 aromatic heterocycles. The molecule has 2 bridgehead atoms. The summed E-state index contributed by atoms with van der Waals surface area (Å²) in [5, 5.41) is 12.2. The second-order valence-corrected chi connectivity index (χ2v) is 3.11. The maximum atomic E-state index is 9.04. The first-order valence-electron chi connectivity index (χ1n) is 3.98. The zero-order valence-corrected chi connectivity index (χ0v) is 6.53. The monoisotopic (exact) mass is 155 g/mol. The molecule has 0 radical (unpaired) electrons. The summed E-state index contributed by atoms with van der Waals surface area (Å²) in [6.07, 6.45) is 4.43. The van der Waals surface area contributed by atoms with Gasteiger partial charge in [0.1, 0.15) is 0 Å². The highest BCUT2D eigenvalue weighted by Crippen LogP contribution is 2.33. The van der Waals surface area contributed by atoms with Gasteiger partial charge in [-0.2, -0.15) is 0 Å². The second kappa shape index (κ2) is 2.59. The van der Waals surface area contributed by atoms with Crippen LogP contribution in [0.4, 0.5) is 0 Å². The van der Waals surface area contributed by atoms with Crippen molar-refractivity contribution in [3.05, 3.63) is 12.2 Å². The van der Waals surface area contributed by atoms with E-state index in [0.717, 1.165) is 0 Å². The van der Waals surface area contributed by atoms with Gasteiger partial charge in [-0.05, 0) is 7.05 Å². The van der Waals surface area contributed by atoms with Gasteiger partial charge in [0.15, 0.2) is 0 Å². The topological polar surface area (TPSA) is 41.5 Å². The number of ether oxygens (including phenoxy) is 1. The molecule has 0 saturated carbocycles. The van der Waals surface area contributed by atoms with E-state index >= 15 is 0 Å². The highest BCUT2D eigenvalue weighted by Gasteiger charge is 2.44. The number of hydrogen-bond acceptors (Lipinski definition) is 3. The Morgan fingerprint density at radius 1 is 1.45 bits per heavy atom. The Bertz CT molecular complexity index is 163. The molecule has 0 aliphatic carbocycles. The predicted molar refractivity (Wildman–Crippen MR) is 41.2 cm³/mol. The molecule has 4 atom stereocenters. The number of nitrogens with one attached hydrogen (secondary N) is 1. The van der Waals surface area contributed by atoms with E-state index in [4.69, 9.17) is 9.84 Å². The standard InChI is InChI=1S/C8H13NO2/c1-9-8-5(4-10)6-2-3-7(8)11-6/h2-3,5-10H,4H2,1H3/t5-,6-,7+,8-/m0/s1. The van der Waals surface area contributed by atoms with Crippen LogP contribution in [0.5, 0.6) is 0 Å². The van der Waals surface area contributed by atoms with Crippen molar-refractivity contribution < 1.29 is 9.84 Å². The van der Waals surface area contributed by atoms with E-state index in [0.29, 0.717) is 6.04 Å². The van der Waals surface area contributed by atoms with Crippen molar-refractivity contribution in [1.82, 2.24) is 5.32 Å². The van der Waals surface area contributed by atoms with Crippen LogP contribution >= 0.6 is 0 Å². The van der Waals surface area contributed by atoms with Crippen molar-refractivity contribution in [1.29, 1.82) is 0 Å². The highest BCUT2D eigenvalue weighted by atomic mass is 16.5. The molecule has 0 aromatic carbocycles. The first kappa shape index (κ1) is 7.28. The average Bonchev–Trinajstić information content (AvgIpc) is 2.60. The SMILES string of the molecule is CN[C@H]1[C@@H](CO)[C@@H]2C=C[C@H]1O2. The number of fused-ring (bicyclic) bond motifs is 2. The van der Waals surface area contributed by atoms with E-state index in [1.54, 1.807) is 0 Å². The predicted octanol–water partition coefficient (Wildman–Crippen LogP) is -0.480. The van der Waals surface area contributed by atoms with Crippen molar-refractivity contribution in [2.75, 3.05) is 13.7 Å². The molecule has 2 rings (SSSR count). The first-order valence-corrected chi connectivity index (χ1v) is 3.98. The van der Waals surface area contributed by atoms with Crippen LogP contribution in [0.25, 0.3) is 0 Å². The summed E-state index contributed by atoms with van der Waals surface area (Å²) in [6.45, 7) is 0.205. The van der Waals surface area contributed by atoms with E-state index in [-0.39, 0.29) is 24.7 Å². The molecule has 62 valence electrons. The molecule has 1 fully saturated rings. The Kier molecular flexibility index (Phi) is 1.71. The fraction of sp³-hybridized carbons (Fsp3) is 0.750. The lowest BCUT2D eigenvalue weighted by Crippen LogP contribution is -2.41. The zero-order chi connectivity index (χ0) is 7.84. The van der Waals surface area contributed by atoms with Gasteiger partial charge in [-0.3, -0.25) is 0 Å².